The highest BCUT2D eigenvalue weighted by Crippen LogP contribution is 2.10. The molecule has 13 heavy (non-hydrogen) atoms. The normalized spacial score (nSPS) is 23.5. The molecule has 0 saturated carbocycles. The maximum Gasteiger partial charge on any atom is 0.143 e. The fraction of sp³-hybridized carbons (Fsp3) is 0.500. The fourth-order valence-electron chi connectivity index (χ4n) is 1.18. The monoisotopic (exact) mass is 179 g/mol. The van der Waals surface area contributed by atoms with Crippen LogP contribution in [0.5, 0.6) is 0 Å². The Bertz CT molecular complexity index is 241. The standard InChI is InChI=1S/C8H11N3.C2H6/c1-2-7-9-8-5-3-4-6-11(8)10-7;1-2/h3-7,10H,2H2,1H3;1-2H3. The van der Waals surface area contributed by atoms with E-state index < -0.39 is 0 Å². The Balaban J connectivity index is 0.000000396. The minimum Gasteiger partial charge on any atom is -0.265 e. The number of amidine groups is 1. The summed E-state index contributed by atoms with van der Waals surface area (Å²) in [5.41, 5.74) is 3.23. The van der Waals surface area contributed by atoms with Crippen molar-refractivity contribution in [3.63, 3.8) is 0 Å². The molecule has 2 aliphatic rings. The molecule has 0 fully saturated rings. The minimum atomic E-state index is 0.261. The first-order valence-electron chi connectivity index (χ1n) is 4.88. The van der Waals surface area contributed by atoms with Gasteiger partial charge in [-0.2, -0.15) is 0 Å². The van der Waals surface area contributed by atoms with Crippen LogP contribution in [0.1, 0.15) is 27.2 Å². The van der Waals surface area contributed by atoms with Crippen molar-refractivity contribution in [2.75, 3.05) is 0 Å². The average Bonchev–Trinajstić information content (AvgIpc) is 2.63. The zero-order chi connectivity index (χ0) is 9.68. The molecule has 0 aromatic carbocycles. The third-order valence-electron chi connectivity index (χ3n) is 1.80. The molecular formula is C10H17N3. The second-order valence-electron chi connectivity index (χ2n) is 2.61. The Morgan fingerprint density at radius 1 is 1.46 bits per heavy atom. The molecule has 0 amide bonds. The second-order valence-corrected chi connectivity index (χ2v) is 2.61. The topological polar surface area (TPSA) is 27.6 Å². The summed E-state index contributed by atoms with van der Waals surface area (Å²) in [5.74, 6) is 1.01. The number of nitrogens with zero attached hydrogens (tertiary/aromatic N) is 2. The number of hydrazine groups is 1. The lowest BCUT2D eigenvalue weighted by molar-refractivity contribution is 0.374. The SMILES string of the molecule is CC.CCC1N=C2C=CC=CN2N1. The molecule has 72 valence electrons. The molecule has 3 nitrogen and oxygen atoms in total. The van der Waals surface area contributed by atoms with Crippen molar-refractivity contribution in [1.82, 2.24) is 10.4 Å². The van der Waals surface area contributed by atoms with E-state index >= 15 is 0 Å². The van der Waals surface area contributed by atoms with E-state index in [9.17, 15) is 0 Å². The van der Waals surface area contributed by atoms with Gasteiger partial charge in [-0.15, -0.1) is 0 Å². The van der Waals surface area contributed by atoms with Gasteiger partial charge in [-0.3, -0.25) is 5.01 Å². The second kappa shape index (κ2) is 4.82. The van der Waals surface area contributed by atoms with E-state index in [2.05, 4.69) is 17.3 Å². The average molecular weight is 179 g/mol. The molecule has 1 atom stereocenters. The molecule has 0 saturated heterocycles. The highest BCUT2D eigenvalue weighted by Gasteiger charge is 2.19. The Kier molecular flexibility index (Phi) is 3.71. The van der Waals surface area contributed by atoms with E-state index in [-0.39, 0.29) is 6.17 Å². The van der Waals surface area contributed by atoms with Gasteiger partial charge >= 0.3 is 0 Å². The first-order chi connectivity index (χ1) is 6.40. The Morgan fingerprint density at radius 3 is 2.85 bits per heavy atom. The van der Waals surface area contributed by atoms with Crippen LogP contribution < -0.4 is 5.43 Å². The van der Waals surface area contributed by atoms with Gasteiger partial charge in [-0.05, 0) is 18.6 Å². The van der Waals surface area contributed by atoms with Crippen molar-refractivity contribution in [3.8, 4) is 0 Å². The van der Waals surface area contributed by atoms with Crippen LogP contribution in [0.3, 0.4) is 0 Å². The molecule has 0 radical (unpaired) electrons. The van der Waals surface area contributed by atoms with Crippen molar-refractivity contribution >= 4 is 5.84 Å². The molecule has 0 aliphatic carbocycles. The summed E-state index contributed by atoms with van der Waals surface area (Å²) in [6, 6.07) is 0. The predicted octanol–water partition coefficient (Wildman–Crippen LogP) is 2.05. The van der Waals surface area contributed by atoms with Crippen molar-refractivity contribution in [2.24, 2.45) is 4.99 Å². The molecule has 2 heterocycles. The van der Waals surface area contributed by atoms with Gasteiger partial charge in [0.2, 0.25) is 0 Å². The zero-order valence-electron chi connectivity index (χ0n) is 8.49. The lowest BCUT2D eigenvalue weighted by Gasteiger charge is -2.16. The maximum atomic E-state index is 4.42. The van der Waals surface area contributed by atoms with Crippen LogP contribution in [-0.2, 0) is 0 Å². The number of rotatable bonds is 1. The molecule has 0 aromatic heterocycles. The van der Waals surface area contributed by atoms with Gasteiger partial charge in [0.1, 0.15) is 12.0 Å². The van der Waals surface area contributed by atoms with Crippen molar-refractivity contribution < 1.29 is 0 Å². The van der Waals surface area contributed by atoms with Gasteiger partial charge in [0.25, 0.3) is 0 Å². The van der Waals surface area contributed by atoms with Crippen LogP contribution in [0.15, 0.2) is 29.4 Å². The lowest BCUT2D eigenvalue weighted by Crippen LogP contribution is -2.36. The fourth-order valence-corrected chi connectivity index (χ4v) is 1.18. The molecule has 1 N–H and O–H groups in total. The van der Waals surface area contributed by atoms with E-state index in [0.29, 0.717) is 0 Å². The quantitative estimate of drug-likeness (QED) is 0.667. The van der Waals surface area contributed by atoms with Gasteiger partial charge in [0, 0.05) is 6.20 Å². The van der Waals surface area contributed by atoms with Gasteiger partial charge in [-0.1, -0.05) is 26.8 Å². The summed E-state index contributed by atoms with van der Waals surface area (Å²) in [4.78, 5) is 4.42. The smallest absolute Gasteiger partial charge is 0.143 e. The van der Waals surface area contributed by atoms with E-state index in [1.54, 1.807) is 0 Å². The molecule has 3 heteroatoms. The van der Waals surface area contributed by atoms with Gasteiger partial charge < -0.3 is 0 Å². The van der Waals surface area contributed by atoms with Crippen molar-refractivity contribution in [3.05, 3.63) is 24.4 Å². The number of allylic oxidation sites excluding steroid dienone is 2. The van der Waals surface area contributed by atoms with Crippen LogP contribution in [0.2, 0.25) is 0 Å². The zero-order valence-corrected chi connectivity index (χ0v) is 8.49. The van der Waals surface area contributed by atoms with E-state index in [0.717, 1.165) is 12.3 Å². The molecular weight excluding hydrogens is 162 g/mol. The third kappa shape index (κ3) is 2.18. The molecule has 0 spiro atoms. The van der Waals surface area contributed by atoms with E-state index in [1.807, 2.05) is 43.3 Å². The van der Waals surface area contributed by atoms with Crippen LogP contribution >= 0.6 is 0 Å². The summed E-state index contributed by atoms with van der Waals surface area (Å²) in [5, 5.41) is 1.95. The third-order valence-corrected chi connectivity index (χ3v) is 1.80. The first kappa shape index (κ1) is 9.99. The highest BCUT2D eigenvalue weighted by atomic mass is 15.6. The summed E-state index contributed by atoms with van der Waals surface area (Å²) >= 11 is 0. The number of fused-ring (bicyclic) bond motifs is 1. The van der Waals surface area contributed by atoms with E-state index in [4.69, 9.17) is 0 Å². The Labute approximate surface area is 79.8 Å². The van der Waals surface area contributed by atoms with Crippen molar-refractivity contribution in [2.45, 2.75) is 33.4 Å². The summed E-state index contributed by atoms with van der Waals surface area (Å²) < 4.78 is 0. The Morgan fingerprint density at radius 2 is 2.23 bits per heavy atom. The number of nitrogens with one attached hydrogen (secondary N) is 1. The van der Waals surface area contributed by atoms with Crippen molar-refractivity contribution in [1.29, 1.82) is 0 Å². The largest absolute Gasteiger partial charge is 0.265 e. The van der Waals surface area contributed by atoms with E-state index in [1.165, 1.54) is 0 Å². The van der Waals surface area contributed by atoms with Gasteiger partial charge in [-0.25, -0.2) is 10.4 Å². The molecule has 1 unspecified atom stereocenters. The van der Waals surface area contributed by atoms with Crippen LogP contribution in [0.25, 0.3) is 0 Å². The molecule has 2 rings (SSSR count). The summed E-state index contributed by atoms with van der Waals surface area (Å²) in [6.07, 6.45) is 9.26. The van der Waals surface area contributed by atoms with Crippen LogP contribution in [0, 0.1) is 0 Å². The Hall–Kier alpha value is -1.09. The van der Waals surface area contributed by atoms with Gasteiger partial charge in [0.15, 0.2) is 0 Å². The number of aliphatic imine (C=N–C) groups is 1. The molecule has 0 bridgehead atoms. The van der Waals surface area contributed by atoms with Gasteiger partial charge in [0.05, 0.1) is 0 Å². The highest BCUT2D eigenvalue weighted by molar-refractivity contribution is 5.95. The molecule has 0 aromatic rings. The van der Waals surface area contributed by atoms with Crippen LogP contribution in [-0.4, -0.2) is 17.0 Å². The molecule has 2 aliphatic heterocycles. The predicted molar refractivity (Wildman–Crippen MR) is 56.1 cm³/mol. The van der Waals surface area contributed by atoms with Crippen LogP contribution in [0.4, 0.5) is 0 Å². The minimum absolute atomic E-state index is 0.261. The summed E-state index contributed by atoms with van der Waals surface area (Å²) in [6.45, 7) is 6.12. The summed E-state index contributed by atoms with van der Waals surface area (Å²) in [7, 11) is 0. The first-order valence-corrected chi connectivity index (χ1v) is 4.88. The number of hydrogen-bond donors (Lipinski definition) is 1. The lowest BCUT2D eigenvalue weighted by atomic mass is 10.4. The maximum absolute atomic E-state index is 4.42. The number of hydrogen-bond acceptors (Lipinski definition) is 3.